The van der Waals surface area contributed by atoms with Gasteiger partial charge in [-0.1, -0.05) is 12.2 Å². The van der Waals surface area contributed by atoms with Crippen molar-refractivity contribution >= 4 is 17.4 Å². The Morgan fingerprint density at radius 3 is 1.50 bits per heavy atom. The first-order chi connectivity index (χ1) is 1.41. The first kappa shape index (κ1) is 22.9. The summed E-state index contributed by atoms with van der Waals surface area (Å²) < 4.78 is 0. The van der Waals surface area contributed by atoms with Gasteiger partial charge in [-0.3, -0.25) is 0 Å². The maximum absolute atomic E-state index is 7.13. The zero-order valence-corrected chi connectivity index (χ0v) is 11.8. The van der Waals surface area contributed by atoms with E-state index in [0.29, 0.717) is 0 Å². The van der Waals surface area contributed by atoms with Crippen LogP contribution in [-0.2, 0) is 0 Å². The third-order valence-electron chi connectivity index (χ3n) is 0. The third kappa shape index (κ3) is 27.2. The molecule has 6 heavy (non-hydrogen) atoms. The normalized spacial score (nSPS) is 1.33. The van der Waals surface area contributed by atoms with Crippen molar-refractivity contribution < 1.29 is 105 Å². The van der Waals surface area contributed by atoms with Crippen LogP contribution in [0.15, 0.2) is 0 Å². The van der Waals surface area contributed by atoms with Crippen LogP contribution in [0.4, 0.5) is 0 Å². The zero-order chi connectivity index (χ0) is 2.71. The van der Waals surface area contributed by atoms with Crippen molar-refractivity contribution in [1.82, 2.24) is 0 Å². The molecule has 0 aromatic rings. The number of nitrogens with zero attached hydrogens (tertiary/aromatic N) is 1. The van der Waals surface area contributed by atoms with Gasteiger partial charge in [-0.2, -0.15) is 5.16 Å². The van der Waals surface area contributed by atoms with Crippen molar-refractivity contribution in [1.29, 1.82) is 0 Å². The van der Waals surface area contributed by atoms with E-state index in [9.17, 15) is 0 Å². The van der Waals surface area contributed by atoms with Gasteiger partial charge in [0.2, 0.25) is 0 Å². The fourth-order valence-electron chi connectivity index (χ4n) is 0. The van der Waals surface area contributed by atoms with E-state index in [2.05, 4.69) is 12.2 Å². The zero-order valence-electron chi connectivity index (χ0n) is 3.73. The Kier molecular flexibility index (Phi) is 92.2. The van der Waals surface area contributed by atoms with E-state index in [1.807, 2.05) is 0 Å². The average molecular weight is 247 g/mol. The second-order valence-corrected chi connectivity index (χ2v) is 0.274. The Balaban J connectivity index is -0.00000000667. The summed E-state index contributed by atoms with van der Waals surface area (Å²) in [6.45, 7) is 0. The number of hydrogen-bond acceptors (Lipinski definition) is 1. The summed E-state index contributed by atoms with van der Waals surface area (Å²) in [5, 5.41) is 8.47. The molecule has 0 aromatic heterocycles. The Morgan fingerprint density at radius 1 is 1.50 bits per heavy atom. The average Bonchev–Trinajstić information content (AvgIpc) is 0.918. The van der Waals surface area contributed by atoms with Crippen LogP contribution in [0.2, 0.25) is 0 Å². The molecule has 0 bridgehead atoms. The standard InChI is InChI=1S/CNS.HI.K.Na/c2-1-3;;;/h;1H;;/q-1;;2*+1/p-1. The molecule has 0 spiro atoms. The molecule has 5 heteroatoms. The Labute approximate surface area is 124 Å². The molecule has 0 aromatic carbocycles. The van der Waals surface area contributed by atoms with Gasteiger partial charge in [0, 0.05) is 0 Å². The summed E-state index contributed by atoms with van der Waals surface area (Å²) in [5.74, 6) is 0. The fraction of sp³-hybridized carbons (Fsp3) is 0. The number of thiocarbonyl (C=S) groups is 1. The van der Waals surface area contributed by atoms with Gasteiger partial charge in [0.1, 0.15) is 0 Å². The maximum atomic E-state index is 7.13. The van der Waals surface area contributed by atoms with E-state index < -0.39 is 0 Å². The van der Waals surface area contributed by atoms with Gasteiger partial charge in [0.25, 0.3) is 0 Å². The fourth-order valence-corrected chi connectivity index (χ4v) is 0. The van der Waals surface area contributed by atoms with Crippen LogP contribution in [0.5, 0.6) is 0 Å². The molecule has 24 valence electrons. The molecule has 0 fully saturated rings. The van der Waals surface area contributed by atoms with Crippen LogP contribution in [0.3, 0.4) is 0 Å². The molecule has 0 saturated heterocycles. The van der Waals surface area contributed by atoms with E-state index in [-0.39, 0.29) is 105 Å². The molecule has 0 amide bonds. The number of isothiocyanates is 1. The van der Waals surface area contributed by atoms with Gasteiger partial charge in [-0.05, 0) is 0 Å². The second kappa shape index (κ2) is 24.2. The van der Waals surface area contributed by atoms with Crippen LogP contribution in [0.1, 0.15) is 0 Å². The van der Waals surface area contributed by atoms with Crippen molar-refractivity contribution in [2.75, 3.05) is 0 Å². The van der Waals surface area contributed by atoms with Crippen molar-refractivity contribution in [2.45, 2.75) is 0 Å². The summed E-state index contributed by atoms with van der Waals surface area (Å²) in [7, 11) is 0. The minimum Gasteiger partial charge on any atom is -1.00 e. The van der Waals surface area contributed by atoms with Crippen LogP contribution < -0.4 is 105 Å². The van der Waals surface area contributed by atoms with Crippen molar-refractivity contribution in [2.24, 2.45) is 0 Å². The summed E-state index contributed by atoms with van der Waals surface area (Å²) in [5.41, 5.74) is 0. The molecule has 1 nitrogen and oxygen atoms in total. The van der Waals surface area contributed by atoms with Crippen molar-refractivity contribution in [3.05, 3.63) is 5.41 Å². The molecular weight excluding hydrogens is 247 g/mol. The van der Waals surface area contributed by atoms with Crippen LogP contribution in [-0.4, -0.2) is 5.16 Å². The maximum Gasteiger partial charge on any atom is 1.00 e. The number of hydrogen-bond donors (Lipinski definition) is 0. The smallest absolute Gasteiger partial charge is 1.00 e. The van der Waals surface area contributed by atoms with Crippen LogP contribution >= 0.6 is 12.2 Å². The molecule has 0 aliphatic rings. The van der Waals surface area contributed by atoms with Crippen molar-refractivity contribution in [3.63, 3.8) is 0 Å². The minimum atomic E-state index is 0. The summed E-state index contributed by atoms with van der Waals surface area (Å²) >= 11 is 3.70. The van der Waals surface area contributed by atoms with E-state index in [1.54, 1.807) is 0 Å². The Morgan fingerprint density at radius 2 is 1.50 bits per heavy atom. The Hall–Kier alpha value is 3.17. The first-order valence-electron chi connectivity index (χ1n) is 0.428. The van der Waals surface area contributed by atoms with Gasteiger partial charge in [-0.25, -0.2) is 0 Å². The predicted octanol–water partition coefficient (Wildman–Crippen LogP) is -8.33. The second-order valence-electron chi connectivity index (χ2n) is 0.0913. The topological polar surface area (TPSA) is 22.3 Å². The summed E-state index contributed by atoms with van der Waals surface area (Å²) in [6.07, 6.45) is 0. The molecule has 0 unspecified atom stereocenters. The van der Waals surface area contributed by atoms with Crippen LogP contribution in [0.25, 0.3) is 5.41 Å². The van der Waals surface area contributed by atoms with Gasteiger partial charge in [-0.15, -0.1) is 0 Å². The predicted molar refractivity (Wildman–Crippen MR) is 16.0 cm³/mol. The monoisotopic (exact) mass is 247 g/mol. The minimum absolute atomic E-state index is 0. The first-order valence-corrected chi connectivity index (χ1v) is 0.836. The van der Waals surface area contributed by atoms with Crippen LogP contribution in [0, 0.1) is 0 Å². The molecule has 0 N–H and O–H groups in total. The Bertz CT molecular complexity index is 36.5. The summed E-state index contributed by atoms with van der Waals surface area (Å²) in [4.78, 5) is 0. The molecule has 0 aliphatic heterocycles. The van der Waals surface area contributed by atoms with E-state index in [1.165, 1.54) is 5.16 Å². The van der Waals surface area contributed by atoms with Gasteiger partial charge >= 0.3 is 80.9 Å². The van der Waals surface area contributed by atoms with E-state index in [0.717, 1.165) is 0 Å². The number of halogens is 1. The van der Waals surface area contributed by atoms with Crippen molar-refractivity contribution in [3.8, 4) is 0 Å². The molecule has 0 radical (unpaired) electrons. The molecule has 0 heterocycles. The third-order valence-corrected chi connectivity index (χ3v) is 0. The van der Waals surface area contributed by atoms with Gasteiger partial charge < -0.3 is 29.4 Å². The van der Waals surface area contributed by atoms with E-state index >= 15 is 0 Å². The molecule has 0 rings (SSSR count). The summed E-state index contributed by atoms with van der Waals surface area (Å²) in [6, 6.07) is 0. The largest absolute Gasteiger partial charge is 1.00 e. The molecule has 0 aliphatic carbocycles. The SMILES string of the molecule is [I-].[K+].[N-]=C=S.[Na+]. The molecular formula is CIKNNaS. The van der Waals surface area contributed by atoms with E-state index in [4.69, 9.17) is 5.41 Å². The number of rotatable bonds is 0. The molecule has 0 atom stereocenters. The van der Waals surface area contributed by atoms with Gasteiger partial charge in [0.05, 0.1) is 0 Å². The quantitative estimate of drug-likeness (QED) is 0.180. The van der Waals surface area contributed by atoms with Gasteiger partial charge in [0.15, 0.2) is 0 Å². The molecule has 0 saturated carbocycles.